The fraction of sp³-hybridized carbons (Fsp3) is 0.750. The summed E-state index contributed by atoms with van der Waals surface area (Å²) in [5.41, 5.74) is 0. The van der Waals surface area contributed by atoms with Crippen LogP contribution >= 0.6 is 15.9 Å². The number of Topliss-reactive ketones (excluding diaryl/α,β-unsaturated/α-hetero) is 2. The standard InChI is InChI=1S/C8H11BrO2/c9-5-8(11)6-3-1-2-4-7(6)10/h6H,1-5H2. The van der Waals surface area contributed by atoms with Crippen molar-refractivity contribution in [2.24, 2.45) is 5.92 Å². The quantitative estimate of drug-likeness (QED) is 0.523. The van der Waals surface area contributed by atoms with E-state index >= 15 is 0 Å². The lowest BCUT2D eigenvalue weighted by atomic mass is 9.86. The van der Waals surface area contributed by atoms with Gasteiger partial charge in [0.2, 0.25) is 0 Å². The molecule has 1 atom stereocenters. The van der Waals surface area contributed by atoms with Crippen LogP contribution < -0.4 is 0 Å². The van der Waals surface area contributed by atoms with Gasteiger partial charge in [0.05, 0.1) is 11.2 Å². The summed E-state index contributed by atoms with van der Waals surface area (Å²) in [5, 5.41) is 0.323. The van der Waals surface area contributed by atoms with Gasteiger partial charge in [0.1, 0.15) is 5.78 Å². The first-order valence-corrected chi connectivity index (χ1v) is 4.99. The van der Waals surface area contributed by atoms with Crippen molar-refractivity contribution >= 4 is 27.5 Å². The first-order valence-electron chi connectivity index (χ1n) is 3.87. The molecule has 0 aromatic rings. The van der Waals surface area contributed by atoms with E-state index in [1.807, 2.05) is 0 Å². The van der Waals surface area contributed by atoms with Gasteiger partial charge in [0.15, 0.2) is 5.78 Å². The van der Waals surface area contributed by atoms with E-state index in [0.29, 0.717) is 11.8 Å². The molecule has 0 saturated heterocycles. The lowest BCUT2D eigenvalue weighted by molar-refractivity contribution is -0.132. The highest BCUT2D eigenvalue weighted by atomic mass is 79.9. The molecule has 1 aliphatic carbocycles. The van der Waals surface area contributed by atoms with E-state index in [-0.39, 0.29) is 17.5 Å². The molecule has 0 radical (unpaired) electrons. The van der Waals surface area contributed by atoms with E-state index in [1.54, 1.807) is 0 Å². The summed E-state index contributed by atoms with van der Waals surface area (Å²) in [4.78, 5) is 22.3. The molecule has 0 bridgehead atoms. The molecule has 0 N–H and O–H groups in total. The second kappa shape index (κ2) is 4.00. The van der Waals surface area contributed by atoms with Crippen molar-refractivity contribution in [3.63, 3.8) is 0 Å². The van der Waals surface area contributed by atoms with Gasteiger partial charge in [-0.3, -0.25) is 9.59 Å². The Morgan fingerprint density at radius 1 is 1.55 bits per heavy atom. The SMILES string of the molecule is O=C(CBr)C1CCCCC1=O. The minimum Gasteiger partial charge on any atom is -0.299 e. The maximum atomic E-state index is 11.2. The summed E-state index contributed by atoms with van der Waals surface area (Å²) in [7, 11) is 0. The van der Waals surface area contributed by atoms with E-state index in [1.165, 1.54) is 0 Å². The van der Waals surface area contributed by atoms with Crippen molar-refractivity contribution in [2.75, 3.05) is 5.33 Å². The number of carbonyl (C=O) groups excluding carboxylic acids is 2. The number of halogens is 1. The van der Waals surface area contributed by atoms with Gasteiger partial charge < -0.3 is 0 Å². The monoisotopic (exact) mass is 218 g/mol. The Morgan fingerprint density at radius 2 is 2.27 bits per heavy atom. The predicted molar refractivity (Wildman–Crippen MR) is 45.8 cm³/mol. The molecule has 1 rings (SSSR count). The molecule has 0 aliphatic heterocycles. The summed E-state index contributed by atoms with van der Waals surface area (Å²) in [5.74, 6) is -0.0986. The third kappa shape index (κ3) is 2.12. The molecule has 0 aromatic carbocycles. The van der Waals surface area contributed by atoms with Crippen molar-refractivity contribution in [3.8, 4) is 0 Å². The van der Waals surface area contributed by atoms with Crippen LogP contribution in [0.25, 0.3) is 0 Å². The number of hydrogen-bond acceptors (Lipinski definition) is 2. The van der Waals surface area contributed by atoms with Crippen molar-refractivity contribution in [3.05, 3.63) is 0 Å². The molecule has 1 aliphatic rings. The summed E-state index contributed by atoms with van der Waals surface area (Å²) in [6.07, 6.45) is 3.35. The Hall–Kier alpha value is -0.180. The van der Waals surface area contributed by atoms with Crippen LogP contribution in [0, 0.1) is 5.92 Å². The number of ketones is 2. The smallest absolute Gasteiger partial charge is 0.153 e. The molecule has 0 aromatic heterocycles. The van der Waals surface area contributed by atoms with Gasteiger partial charge in [0, 0.05) is 6.42 Å². The molecule has 1 unspecified atom stereocenters. The second-order valence-corrected chi connectivity index (χ2v) is 3.43. The Morgan fingerprint density at radius 3 is 2.82 bits per heavy atom. The molecule has 0 amide bonds. The zero-order valence-electron chi connectivity index (χ0n) is 6.31. The van der Waals surface area contributed by atoms with Gasteiger partial charge in [-0.15, -0.1) is 0 Å². The minimum absolute atomic E-state index is 0.0506. The first-order chi connectivity index (χ1) is 5.25. The van der Waals surface area contributed by atoms with Gasteiger partial charge in [-0.05, 0) is 12.8 Å². The Balaban J connectivity index is 2.54. The van der Waals surface area contributed by atoms with Crippen LogP contribution in [0.2, 0.25) is 0 Å². The van der Waals surface area contributed by atoms with Gasteiger partial charge in [0.25, 0.3) is 0 Å². The molecule has 0 heterocycles. The lowest BCUT2D eigenvalue weighted by Gasteiger charge is -2.17. The summed E-state index contributed by atoms with van der Waals surface area (Å²) in [6, 6.07) is 0. The van der Waals surface area contributed by atoms with Crippen LogP contribution in [-0.4, -0.2) is 16.9 Å². The number of carbonyl (C=O) groups is 2. The highest BCUT2D eigenvalue weighted by Gasteiger charge is 2.27. The average molecular weight is 219 g/mol. The maximum Gasteiger partial charge on any atom is 0.153 e. The van der Waals surface area contributed by atoms with E-state index < -0.39 is 0 Å². The van der Waals surface area contributed by atoms with Crippen molar-refractivity contribution in [1.82, 2.24) is 0 Å². The first kappa shape index (κ1) is 8.91. The normalized spacial score (nSPS) is 25.2. The van der Waals surface area contributed by atoms with Gasteiger partial charge in [-0.2, -0.15) is 0 Å². The molecule has 1 fully saturated rings. The third-order valence-electron chi connectivity index (χ3n) is 2.07. The molecule has 3 heteroatoms. The fourth-order valence-corrected chi connectivity index (χ4v) is 1.81. The van der Waals surface area contributed by atoms with Crippen molar-refractivity contribution in [1.29, 1.82) is 0 Å². The third-order valence-corrected chi connectivity index (χ3v) is 2.63. The molecule has 1 saturated carbocycles. The predicted octanol–water partition coefficient (Wildman–Crippen LogP) is 1.71. The summed E-state index contributed by atoms with van der Waals surface area (Å²) in [6.45, 7) is 0. The summed E-state index contributed by atoms with van der Waals surface area (Å²) < 4.78 is 0. The van der Waals surface area contributed by atoms with Gasteiger partial charge in [-0.1, -0.05) is 22.4 Å². The van der Waals surface area contributed by atoms with Crippen LogP contribution in [0.5, 0.6) is 0 Å². The molecular formula is C8H11BrO2. The average Bonchev–Trinajstić information content (AvgIpc) is 2.04. The lowest BCUT2D eigenvalue weighted by Crippen LogP contribution is -2.27. The molecule has 0 spiro atoms. The zero-order valence-corrected chi connectivity index (χ0v) is 7.89. The van der Waals surface area contributed by atoms with Gasteiger partial charge in [-0.25, -0.2) is 0 Å². The van der Waals surface area contributed by atoms with Crippen LogP contribution in [0.3, 0.4) is 0 Å². The Kier molecular flexibility index (Phi) is 3.24. The van der Waals surface area contributed by atoms with Gasteiger partial charge >= 0.3 is 0 Å². The highest BCUT2D eigenvalue weighted by Crippen LogP contribution is 2.21. The number of alkyl halides is 1. The largest absolute Gasteiger partial charge is 0.299 e. The molecule has 62 valence electrons. The van der Waals surface area contributed by atoms with Crippen LogP contribution in [-0.2, 0) is 9.59 Å². The molecule has 11 heavy (non-hydrogen) atoms. The van der Waals surface area contributed by atoms with Crippen LogP contribution in [0.1, 0.15) is 25.7 Å². The van der Waals surface area contributed by atoms with E-state index in [9.17, 15) is 9.59 Å². The topological polar surface area (TPSA) is 34.1 Å². The number of hydrogen-bond donors (Lipinski definition) is 0. The molecule has 2 nitrogen and oxygen atoms in total. The van der Waals surface area contributed by atoms with E-state index in [4.69, 9.17) is 0 Å². The van der Waals surface area contributed by atoms with E-state index in [2.05, 4.69) is 15.9 Å². The highest BCUT2D eigenvalue weighted by molar-refractivity contribution is 9.09. The van der Waals surface area contributed by atoms with Crippen LogP contribution in [0.4, 0.5) is 0 Å². The Bertz CT molecular complexity index is 169. The maximum absolute atomic E-state index is 11.2. The van der Waals surface area contributed by atoms with Crippen molar-refractivity contribution < 1.29 is 9.59 Å². The second-order valence-electron chi connectivity index (χ2n) is 2.86. The minimum atomic E-state index is -0.289. The fourth-order valence-electron chi connectivity index (χ4n) is 1.42. The summed E-state index contributed by atoms with van der Waals surface area (Å²) >= 11 is 3.08. The number of rotatable bonds is 2. The van der Waals surface area contributed by atoms with E-state index in [0.717, 1.165) is 19.3 Å². The van der Waals surface area contributed by atoms with Crippen molar-refractivity contribution in [2.45, 2.75) is 25.7 Å². The zero-order chi connectivity index (χ0) is 8.27. The van der Waals surface area contributed by atoms with Crippen LogP contribution in [0.15, 0.2) is 0 Å². The molecular weight excluding hydrogens is 208 g/mol. The Labute approximate surface area is 74.5 Å².